The van der Waals surface area contributed by atoms with Gasteiger partial charge in [-0.15, -0.1) is 0 Å². The number of carbonyl (C=O) groups is 4. The average Bonchev–Trinajstić information content (AvgIpc) is 3.04. The predicted molar refractivity (Wildman–Crippen MR) is 203 cm³/mol. The number of hydrogen-bond donors (Lipinski definition) is 3. The summed E-state index contributed by atoms with van der Waals surface area (Å²) >= 11 is 0. The molecule has 0 saturated carbocycles. The molecule has 0 bridgehead atoms. The fourth-order valence-electron chi connectivity index (χ4n) is 5.82. The Balaban J connectivity index is 2.47. The summed E-state index contributed by atoms with van der Waals surface area (Å²) in [5, 5.41) is 2.97. The molecule has 2 aromatic rings. The van der Waals surface area contributed by atoms with Crippen LogP contribution in [0.2, 0.25) is 0 Å². The quantitative estimate of drug-likeness (QED) is 0.238. The Morgan fingerprint density at radius 1 is 0.865 bits per heavy atom. The van der Waals surface area contributed by atoms with Gasteiger partial charge < -0.3 is 20.7 Å². The van der Waals surface area contributed by atoms with Crippen molar-refractivity contribution in [2.75, 3.05) is 14.1 Å². The van der Waals surface area contributed by atoms with Gasteiger partial charge in [-0.05, 0) is 62.3 Å². The van der Waals surface area contributed by atoms with Gasteiger partial charge in [0.05, 0.1) is 10.9 Å². The minimum atomic E-state index is -4.18. The van der Waals surface area contributed by atoms with Crippen molar-refractivity contribution < 1.29 is 32.3 Å². The average molecular weight is 742 g/mol. The highest BCUT2D eigenvalue weighted by atomic mass is 32.2. The Labute approximate surface area is 310 Å². The summed E-state index contributed by atoms with van der Waals surface area (Å²) < 4.78 is 33.7. The predicted octanol–water partition coefficient (Wildman–Crippen LogP) is 5.12. The van der Waals surface area contributed by atoms with Gasteiger partial charge >= 0.3 is 6.09 Å². The van der Waals surface area contributed by atoms with Crippen LogP contribution in [0.5, 0.6) is 0 Å². The summed E-state index contributed by atoms with van der Waals surface area (Å²) in [7, 11) is -1.10. The molecule has 4 amide bonds. The lowest BCUT2D eigenvalue weighted by molar-refractivity contribution is -0.141. The second-order valence-corrected chi connectivity index (χ2v) is 17.9. The van der Waals surface area contributed by atoms with E-state index in [9.17, 15) is 27.6 Å². The summed E-state index contributed by atoms with van der Waals surface area (Å²) in [6.07, 6.45) is 0.852. The van der Waals surface area contributed by atoms with Gasteiger partial charge in [-0.1, -0.05) is 97.0 Å². The summed E-state index contributed by atoms with van der Waals surface area (Å²) in [5.41, 5.74) is 4.70. The second kappa shape index (κ2) is 17.1. The molecule has 0 saturated heterocycles. The highest BCUT2D eigenvalue weighted by molar-refractivity contribution is 7.90. The van der Waals surface area contributed by atoms with E-state index < -0.39 is 68.4 Å². The maximum absolute atomic E-state index is 14.5. The number of benzene rings is 2. The topological polar surface area (TPSA) is 168 Å². The van der Waals surface area contributed by atoms with Crippen molar-refractivity contribution in [1.82, 2.24) is 19.8 Å². The highest BCUT2D eigenvalue weighted by Gasteiger charge is 2.46. The van der Waals surface area contributed by atoms with Crippen LogP contribution in [0.1, 0.15) is 87.3 Å². The van der Waals surface area contributed by atoms with E-state index in [-0.39, 0.29) is 22.9 Å². The van der Waals surface area contributed by atoms with E-state index in [1.165, 1.54) is 35.9 Å². The van der Waals surface area contributed by atoms with Crippen LogP contribution in [-0.4, -0.2) is 79.9 Å². The molecular weight excluding hydrogens is 683 g/mol. The number of nitrogens with one attached hydrogen (secondary N) is 2. The van der Waals surface area contributed by atoms with Crippen LogP contribution in [-0.2, 0) is 41.1 Å². The van der Waals surface area contributed by atoms with Gasteiger partial charge in [0, 0.05) is 31.6 Å². The number of nitrogens with zero attached hydrogens (tertiary/aromatic N) is 2. The molecule has 0 spiro atoms. The molecule has 0 radical (unpaired) electrons. The van der Waals surface area contributed by atoms with E-state index >= 15 is 0 Å². The standard InChI is InChI=1S/C39H59N5O7S/c1-25(2)30(23-26(3)33(45)42-52(49,50)29-21-19-27(24-40)20-22-29)43(12)35(47)31(37(4,5)6)41-34(46)32(44(13)36(48)51-38(7,8)9)39(10,11)28-17-15-14-16-18-28/h14-23,25,30-32H,24,40H2,1-13H3,(H,41,46)(H,42,45). The zero-order valence-corrected chi connectivity index (χ0v) is 33.8. The molecule has 288 valence electrons. The molecule has 3 unspecified atom stereocenters. The molecule has 3 atom stereocenters. The van der Waals surface area contributed by atoms with E-state index in [2.05, 4.69) is 10.0 Å². The number of ether oxygens (including phenoxy) is 1. The molecule has 52 heavy (non-hydrogen) atoms. The van der Waals surface area contributed by atoms with Gasteiger partial charge in [0.2, 0.25) is 11.8 Å². The zero-order valence-electron chi connectivity index (χ0n) is 33.0. The van der Waals surface area contributed by atoms with Crippen LogP contribution in [0.15, 0.2) is 71.1 Å². The van der Waals surface area contributed by atoms with E-state index in [0.29, 0.717) is 0 Å². The summed E-state index contributed by atoms with van der Waals surface area (Å²) in [5.74, 6) is -2.05. The van der Waals surface area contributed by atoms with Gasteiger partial charge in [-0.3, -0.25) is 19.3 Å². The van der Waals surface area contributed by atoms with Crippen molar-refractivity contribution in [2.24, 2.45) is 17.1 Å². The van der Waals surface area contributed by atoms with Crippen LogP contribution in [0.25, 0.3) is 0 Å². The normalized spacial score (nSPS) is 14.6. The van der Waals surface area contributed by atoms with Gasteiger partial charge in [0.25, 0.3) is 15.9 Å². The maximum Gasteiger partial charge on any atom is 0.410 e. The molecule has 0 fully saturated rings. The minimum Gasteiger partial charge on any atom is -0.444 e. The molecule has 0 aliphatic carbocycles. The molecular formula is C39H59N5O7S. The first-order valence-electron chi connectivity index (χ1n) is 17.4. The number of amides is 4. The molecule has 4 N–H and O–H groups in total. The third-order valence-electron chi connectivity index (χ3n) is 8.87. The lowest BCUT2D eigenvalue weighted by Crippen LogP contribution is -2.63. The maximum atomic E-state index is 14.5. The van der Waals surface area contributed by atoms with E-state index in [0.717, 1.165) is 11.1 Å². The first kappa shape index (κ1) is 43.9. The number of carbonyl (C=O) groups excluding carboxylic acids is 4. The number of hydrogen-bond acceptors (Lipinski definition) is 8. The van der Waals surface area contributed by atoms with Gasteiger partial charge in [-0.25, -0.2) is 17.9 Å². The first-order chi connectivity index (χ1) is 23.7. The number of sulfonamides is 1. The van der Waals surface area contributed by atoms with Crippen LogP contribution in [0, 0.1) is 11.3 Å². The van der Waals surface area contributed by atoms with Crippen molar-refractivity contribution in [3.05, 3.63) is 77.4 Å². The smallest absolute Gasteiger partial charge is 0.410 e. The van der Waals surface area contributed by atoms with Crippen LogP contribution in [0.3, 0.4) is 0 Å². The highest BCUT2D eigenvalue weighted by Crippen LogP contribution is 2.32. The largest absolute Gasteiger partial charge is 0.444 e. The Bertz CT molecular complexity index is 1710. The van der Waals surface area contributed by atoms with Crippen molar-refractivity contribution in [3.8, 4) is 0 Å². The van der Waals surface area contributed by atoms with Crippen molar-refractivity contribution in [1.29, 1.82) is 0 Å². The number of nitrogens with two attached hydrogens (primary N) is 1. The molecule has 13 heteroatoms. The minimum absolute atomic E-state index is 0.0838. The first-order valence-corrected chi connectivity index (χ1v) is 18.9. The second-order valence-electron chi connectivity index (χ2n) is 16.2. The fourth-order valence-corrected chi connectivity index (χ4v) is 6.84. The molecule has 0 aliphatic rings. The summed E-state index contributed by atoms with van der Waals surface area (Å²) in [6.45, 7) is 19.9. The number of rotatable bonds is 13. The lowest BCUT2D eigenvalue weighted by atomic mass is 9.76. The Kier molecular flexibility index (Phi) is 14.4. The molecule has 0 heterocycles. The molecule has 12 nitrogen and oxygen atoms in total. The fraction of sp³-hybridized carbons (Fsp3) is 0.538. The van der Waals surface area contributed by atoms with Gasteiger partial charge in [0.1, 0.15) is 17.7 Å². The third kappa shape index (κ3) is 11.4. The summed E-state index contributed by atoms with van der Waals surface area (Å²) in [4.78, 5) is 58.0. The monoisotopic (exact) mass is 741 g/mol. The van der Waals surface area contributed by atoms with Crippen molar-refractivity contribution in [2.45, 2.75) is 117 Å². The van der Waals surface area contributed by atoms with Gasteiger partial charge in [0.15, 0.2) is 0 Å². The zero-order chi connectivity index (χ0) is 40.0. The third-order valence-corrected chi connectivity index (χ3v) is 10.2. The van der Waals surface area contributed by atoms with Gasteiger partial charge in [-0.2, -0.15) is 0 Å². The Morgan fingerprint density at radius 3 is 1.87 bits per heavy atom. The van der Waals surface area contributed by atoms with E-state index in [4.69, 9.17) is 10.5 Å². The van der Waals surface area contributed by atoms with Crippen LogP contribution in [0.4, 0.5) is 4.79 Å². The molecule has 0 aliphatic heterocycles. The lowest BCUT2D eigenvalue weighted by Gasteiger charge is -2.42. The molecule has 0 aromatic heterocycles. The Morgan fingerprint density at radius 2 is 1.40 bits per heavy atom. The van der Waals surface area contributed by atoms with Crippen LogP contribution < -0.4 is 15.8 Å². The van der Waals surface area contributed by atoms with E-state index in [1.807, 2.05) is 78.8 Å². The van der Waals surface area contributed by atoms with Crippen molar-refractivity contribution >= 4 is 33.8 Å². The van der Waals surface area contributed by atoms with Crippen molar-refractivity contribution in [3.63, 3.8) is 0 Å². The SMILES string of the molecule is CC(=CC(C(C)C)N(C)C(=O)C(NC(=O)C(N(C)C(=O)OC(C)(C)C)C(C)(C)c1ccccc1)C(C)(C)C)C(=O)NS(=O)(=O)c1ccc(CN)cc1. The molecule has 2 rings (SSSR count). The Hall–Kier alpha value is -4.23. The van der Waals surface area contributed by atoms with E-state index in [1.54, 1.807) is 46.0 Å². The van der Waals surface area contributed by atoms with Crippen LogP contribution >= 0.6 is 0 Å². The summed E-state index contributed by atoms with van der Waals surface area (Å²) in [6, 6.07) is 12.4. The number of likely N-dealkylation sites (N-methyl/N-ethyl adjacent to an activating group) is 2. The molecule has 2 aromatic carbocycles.